The van der Waals surface area contributed by atoms with Gasteiger partial charge in [0.25, 0.3) is 5.56 Å². The number of hydrogen-bond donors (Lipinski definition) is 1. The molecule has 0 saturated carbocycles. The van der Waals surface area contributed by atoms with Gasteiger partial charge in [0.15, 0.2) is 5.17 Å². The minimum atomic E-state index is -0.0117. The van der Waals surface area contributed by atoms with Crippen LogP contribution in [-0.2, 0) is 7.05 Å². The minimum absolute atomic E-state index is 0.0117. The van der Waals surface area contributed by atoms with Crippen LogP contribution in [-0.4, -0.2) is 38.4 Å². The zero-order chi connectivity index (χ0) is 17.7. The Labute approximate surface area is 150 Å². The van der Waals surface area contributed by atoms with Gasteiger partial charge in [0.05, 0.1) is 11.0 Å². The maximum atomic E-state index is 12.2. The second-order valence-corrected chi connectivity index (χ2v) is 7.55. The number of rotatable bonds is 7. The number of H-pyrrole nitrogens is 1. The standard InChI is InChI=1S/C17H27N4OPS/c1-5-7-9-21(10-8-6-2)17-18-15(23)14(24-17)11-13-12(3)19-20(4)16(13)22/h11,19,23H,5-10H2,1-4H3. The maximum Gasteiger partial charge on any atom is 0.273 e. The van der Waals surface area contributed by atoms with Crippen molar-refractivity contribution in [3.05, 3.63) is 26.5 Å². The Morgan fingerprint density at radius 3 is 2.42 bits per heavy atom. The highest BCUT2D eigenvalue weighted by Gasteiger charge is 2.23. The number of nitrogens with zero attached hydrogens (tertiary/aromatic N) is 3. The largest absolute Gasteiger partial charge is 0.351 e. The van der Waals surface area contributed by atoms with Gasteiger partial charge in [-0.2, -0.15) is 0 Å². The highest BCUT2D eigenvalue weighted by molar-refractivity contribution is 8.18. The average Bonchev–Trinajstić information content (AvgIpc) is 3.02. The van der Waals surface area contributed by atoms with Gasteiger partial charge in [0.1, 0.15) is 0 Å². The van der Waals surface area contributed by atoms with E-state index in [-0.39, 0.29) is 5.56 Å². The number of nitrogens with one attached hydrogen (secondary N) is 1. The van der Waals surface area contributed by atoms with Crippen LogP contribution in [0.1, 0.15) is 50.8 Å². The molecule has 0 aromatic carbocycles. The SMILES string of the molecule is CCCCN(CCCC)C1=NC(=P)C(=Cc2c(C)[nH]n(C)c2=O)S1. The lowest BCUT2D eigenvalue weighted by Crippen LogP contribution is -2.30. The molecule has 0 fully saturated rings. The lowest BCUT2D eigenvalue weighted by atomic mass is 10.2. The van der Waals surface area contributed by atoms with Crippen molar-refractivity contribution in [1.29, 1.82) is 0 Å². The molecule has 132 valence electrons. The highest BCUT2D eigenvalue weighted by Crippen LogP contribution is 2.32. The Morgan fingerprint density at radius 2 is 1.92 bits per heavy atom. The lowest BCUT2D eigenvalue weighted by Gasteiger charge is -2.23. The topological polar surface area (TPSA) is 53.4 Å². The Morgan fingerprint density at radius 1 is 1.29 bits per heavy atom. The quantitative estimate of drug-likeness (QED) is 0.750. The van der Waals surface area contributed by atoms with E-state index < -0.39 is 0 Å². The number of aliphatic imine (C=N–C) groups is 1. The first-order valence-electron chi connectivity index (χ1n) is 8.55. The molecule has 0 radical (unpaired) electrons. The van der Waals surface area contributed by atoms with Gasteiger partial charge >= 0.3 is 0 Å². The Hall–Kier alpha value is -1.26. The van der Waals surface area contributed by atoms with Crippen LogP contribution in [0.4, 0.5) is 0 Å². The number of aromatic amines is 1. The average molecular weight is 366 g/mol. The number of aryl methyl sites for hydroxylation is 2. The lowest BCUT2D eigenvalue weighted by molar-refractivity contribution is 0.406. The van der Waals surface area contributed by atoms with Crippen molar-refractivity contribution < 1.29 is 0 Å². The van der Waals surface area contributed by atoms with Crippen LogP contribution < -0.4 is 5.56 Å². The first-order chi connectivity index (χ1) is 11.5. The van der Waals surface area contributed by atoms with Crippen LogP contribution in [0.15, 0.2) is 14.7 Å². The van der Waals surface area contributed by atoms with Crippen LogP contribution in [0.5, 0.6) is 0 Å². The Kier molecular flexibility index (Phi) is 6.93. The predicted octanol–water partition coefficient (Wildman–Crippen LogP) is 3.64. The molecule has 1 N–H and O–H groups in total. The molecule has 2 rings (SSSR count). The van der Waals surface area contributed by atoms with E-state index in [2.05, 4.69) is 37.7 Å². The van der Waals surface area contributed by atoms with Gasteiger partial charge in [-0.15, -0.1) is 0 Å². The summed E-state index contributed by atoms with van der Waals surface area (Å²) in [5.41, 5.74) is 2.36. The monoisotopic (exact) mass is 366 g/mol. The molecular weight excluding hydrogens is 339 g/mol. The first-order valence-corrected chi connectivity index (χ1v) is 9.87. The molecule has 1 aliphatic heterocycles. The molecular formula is C17H27N4OPS. The maximum absolute atomic E-state index is 12.2. The van der Waals surface area contributed by atoms with Crippen LogP contribution in [0.25, 0.3) is 6.08 Å². The summed E-state index contributed by atoms with van der Waals surface area (Å²) in [6.45, 7) is 8.38. The second-order valence-electron chi connectivity index (χ2n) is 6.06. The van der Waals surface area contributed by atoms with E-state index in [9.17, 15) is 4.79 Å². The van der Waals surface area contributed by atoms with Crippen LogP contribution in [0.3, 0.4) is 0 Å². The van der Waals surface area contributed by atoms with Gasteiger partial charge < -0.3 is 4.90 Å². The van der Waals surface area contributed by atoms with Gasteiger partial charge in [0.2, 0.25) is 0 Å². The fourth-order valence-electron chi connectivity index (χ4n) is 2.56. The summed E-state index contributed by atoms with van der Waals surface area (Å²) in [5.74, 6) is 0. The summed E-state index contributed by atoms with van der Waals surface area (Å²) in [7, 11) is 5.35. The number of hydrogen-bond acceptors (Lipinski definition) is 3. The summed E-state index contributed by atoms with van der Waals surface area (Å²) in [6, 6.07) is 0. The van der Waals surface area contributed by atoms with E-state index in [1.54, 1.807) is 18.8 Å². The van der Waals surface area contributed by atoms with E-state index >= 15 is 0 Å². The van der Waals surface area contributed by atoms with E-state index in [0.717, 1.165) is 47.1 Å². The third kappa shape index (κ3) is 4.42. The molecule has 0 unspecified atom stereocenters. The van der Waals surface area contributed by atoms with E-state index in [4.69, 9.17) is 0 Å². The normalized spacial score (nSPS) is 16.1. The van der Waals surface area contributed by atoms with E-state index in [1.165, 1.54) is 17.5 Å². The van der Waals surface area contributed by atoms with Crippen LogP contribution in [0, 0.1) is 6.92 Å². The highest BCUT2D eigenvalue weighted by atomic mass is 32.2. The van der Waals surface area contributed by atoms with Crippen molar-refractivity contribution in [2.45, 2.75) is 46.5 Å². The summed E-state index contributed by atoms with van der Waals surface area (Å²) in [4.78, 5) is 20.2. The van der Waals surface area contributed by atoms with Crippen molar-refractivity contribution in [2.75, 3.05) is 13.1 Å². The number of amidine groups is 1. The number of aromatic nitrogens is 2. The molecule has 0 amide bonds. The van der Waals surface area contributed by atoms with Crippen molar-refractivity contribution in [2.24, 2.45) is 12.0 Å². The molecule has 2 heterocycles. The van der Waals surface area contributed by atoms with Crippen molar-refractivity contribution in [3.8, 4) is 0 Å². The zero-order valence-corrected chi connectivity index (χ0v) is 16.8. The summed E-state index contributed by atoms with van der Waals surface area (Å²) >= 11 is 1.64. The van der Waals surface area contributed by atoms with Crippen molar-refractivity contribution in [3.63, 3.8) is 0 Å². The molecule has 0 bridgehead atoms. The molecule has 7 heteroatoms. The molecule has 1 aliphatic rings. The third-order valence-electron chi connectivity index (χ3n) is 4.03. The van der Waals surface area contributed by atoms with Crippen LogP contribution in [0.2, 0.25) is 0 Å². The van der Waals surface area contributed by atoms with Gasteiger partial charge in [0, 0.05) is 30.7 Å². The second kappa shape index (κ2) is 8.72. The minimum Gasteiger partial charge on any atom is -0.351 e. The fourth-order valence-corrected chi connectivity index (χ4v) is 3.94. The molecule has 5 nitrogen and oxygen atoms in total. The van der Waals surface area contributed by atoms with Gasteiger partial charge in [-0.25, -0.2) is 4.99 Å². The van der Waals surface area contributed by atoms with E-state index in [1.807, 2.05) is 13.0 Å². The van der Waals surface area contributed by atoms with Gasteiger partial charge in [-0.3, -0.25) is 14.6 Å². The summed E-state index contributed by atoms with van der Waals surface area (Å²) in [6.07, 6.45) is 6.60. The smallest absolute Gasteiger partial charge is 0.273 e. The molecule has 1 aromatic heterocycles. The summed E-state index contributed by atoms with van der Waals surface area (Å²) < 4.78 is 1.51. The van der Waals surface area contributed by atoms with Crippen LogP contribution >= 0.6 is 20.6 Å². The third-order valence-corrected chi connectivity index (χ3v) is 5.65. The zero-order valence-electron chi connectivity index (χ0n) is 15.0. The molecule has 1 aromatic rings. The molecule has 0 aliphatic carbocycles. The molecule has 0 spiro atoms. The number of unbranched alkanes of at least 4 members (excludes halogenated alkanes) is 2. The Bertz CT molecular complexity index is 709. The fraction of sp³-hybridized carbons (Fsp3) is 0.588. The summed E-state index contributed by atoms with van der Waals surface area (Å²) in [5, 5.41) is 4.06. The van der Waals surface area contributed by atoms with Gasteiger partial charge in [-0.1, -0.05) is 35.6 Å². The first kappa shape index (κ1) is 19.1. The molecule has 0 atom stereocenters. The number of thioether (sulfide) groups is 1. The van der Waals surface area contributed by atoms with E-state index in [0.29, 0.717) is 5.56 Å². The molecule has 0 saturated heterocycles. The van der Waals surface area contributed by atoms with Crippen molar-refractivity contribution in [1.82, 2.24) is 14.7 Å². The van der Waals surface area contributed by atoms with Crippen molar-refractivity contribution >= 4 is 37.3 Å². The Balaban J connectivity index is 2.19. The molecule has 24 heavy (non-hydrogen) atoms. The van der Waals surface area contributed by atoms with Gasteiger partial charge in [-0.05, 0) is 37.6 Å². The predicted molar refractivity (Wildman–Crippen MR) is 108 cm³/mol.